The van der Waals surface area contributed by atoms with Crippen molar-refractivity contribution in [3.8, 4) is 17.2 Å². The smallest absolute Gasteiger partial charge is 0.356 e. The van der Waals surface area contributed by atoms with Gasteiger partial charge in [0.2, 0.25) is 6.10 Å². The summed E-state index contributed by atoms with van der Waals surface area (Å²) in [6, 6.07) is 7.58. The lowest BCUT2D eigenvalue weighted by molar-refractivity contribution is -0.180. The Morgan fingerprint density at radius 1 is 0.962 bits per heavy atom. The summed E-state index contributed by atoms with van der Waals surface area (Å²) in [6.07, 6.45) is -2.50. The molecule has 5 N–H and O–H groups in total. The quantitative estimate of drug-likeness (QED) is 0.520. The van der Waals surface area contributed by atoms with Crippen molar-refractivity contribution in [2.24, 2.45) is 0 Å². The van der Waals surface area contributed by atoms with Gasteiger partial charge in [-0.3, -0.25) is 0 Å². The maximum absolute atomic E-state index is 12.1. The molecule has 2 unspecified atom stereocenters. The Labute approximate surface area is 148 Å². The summed E-state index contributed by atoms with van der Waals surface area (Å²) in [7, 11) is 0. The van der Waals surface area contributed by atoms with E-state index in [1.54, 1.807) is 6.92 Å². The first-order chi connectivity index (χ1) is 12.1. The van der Waals surface area contributed by atoms with Crippen molar-refractivity contribution >= 4 is 11.9 Å². The summed E-state index contributed by atoms with van der Waals surface area (Å²) in [6.45, 7) is 3.05. The number of rotatable bonds is 6. The van der Waals surface area contributed by atoms with Crippen molar-refractivity contribution < 1.29 is 39.9 Å². The van der Waals surface area contributed by atoms with Crippen LogP contribution in [0.3, 0.4) is 0 Å². The molecule has 0 aliphatic carbocycles. The van der Waals surface area contributed by atoms with Crippen LogP contribution in [-0.4, -0.2) is 43.6 Å². The maximum atomic E-state index is 12.1. The van der Waals surface area contributed by atoms with Crippen molar-refractivity contribution in [1.82, 2.24) is 0 Å². The lowest BCUT2D eigenvalue weighted by Crippen LogP contribution is -2.55. The minimum absolute atomic E-state index is 0.129. The third-order valence-corrected chi connectivity index (χ3v) is 4.00. The van der Waals surface area contributed by atoms with Gasteiger partial charge >= 0.3 is 11.9 Å². The van der Waals surface area contributed by atoms with Crippen LogP contribution in [0.1, 0.15) is 16.7 Å². The van der Waals surface area contributed by atoms with E-state index in [-0.39, 0.29) is 28.4 Å². The fraction of sp³-hybridized carbons (Fsp3) is 0.222. The summed E-state index contributed by atoms with van der Waals surface area (Å²) in [5.74, 6) is -4.29. The molecule has 0 spiro atoms. The lowest BCUT2D eigenvalue weighted by Gasteiger charge is -2.34. The molecule has 0 heterocycles. The molecule has 0 aliphatic heterocycles. The number of carboxylic acid groups (broad SMARTS) is 2. The number of phenols is 2. The van der Waals surface area contributed by atoms with E-state index in [0.717, 1.165) is 12.1 Å². The number of aryl methyl sites for hydroxylation is 2. The Balaban J connectivity index is 2.79. The fourth-order valence-electron chi connectivity index (χ4n) is 2.59. The number of benzene rings is 2. The highest BCUT2D eigenvalue weighted by atomic mass is 16.5. The van der Waals surface area contributed by atoms with Gasteiger partial charge in [0.05, 0.1) is 0 Å². The zero-order valence-electron chi connectivity index (χ0n) is 14.0. The molecule has 2 rings (SSSR count). The molecule has 0 radical (unpaired) electrons. The molecule has 8 nitrogen and oxygen atoms in total. The number of carboxylic acids is 2. The largest absolute Gasteiger partial charge is 0.508 e. The molecule has 2 atom stereocenters. The molecule has 26 heavy (non-hydrogen) atoms. The van der Waals surface area contributed by atoms with E-state index >= 15 is 0 Å². The Morgan fingerprint density at radius 2 is 1.50 bits per heavy atom. The molecule has 138 valence electrons. The van der Waals surface area contributed by atoms with E-state index in [0.29, 0.717) is 5.56 Å². The van der Waals surface area contributed by atoms with Gasteiger partial charge in [-0.2, -0.15) is 0 Å². The van der Waals surface area contributed by atoms with E-state index < -0.39 is 23.6 Å². The second-order valence-corrected chi connectivity index (χ2v) is 5.83. The highest BCUT2D eigenvalue weighted by Gasteiger charge is 2.55. The highest BCUT2D eigenvalue weighted by Crippen LogP contribution is 2.38. The van der Waals surface area contributed by atoms with Gasteiger partial charge in [0.25, 0.3) is 5.60 Å². The monoisotopic (exact) mass is 362 g/mol. The van der Waals surface area contributed by atoms with Gasteiger partial charge in [0.15, 0.2) is 0 Å². The minimum atomic E-state index is -2.76. The van der Waals surface area contributed by atoms with Gasteiger partial charge in [-0.05, 0) is 43.2 Å². The third-order valence-electron chi connectivity index (χ3n) is 4.00. The van der Waals surface area contributed by atoms with Crippen LogP contribution in [0, 0.1) is 13.8 Å². The van der Waals surface area contributed by atoms with Crippen LogP contribution in [-0.2, 0) is 15.2 Å². The number of hydrogen-bond donors (Lipinski definition) is 5. The molecule has 2 aromatic carbocycles. The molecular weight excluding hydrogens is 344 g/mol. The van der Waals surface area contributed by atoms with Crippen molar-refractivity contribution in [2.75, 3.05) is 0 Å². The van der Waals surface area contributed by atoms with Gasteiger partial charge in [0, 0.05) is 11.6 Å². The zero-order chi connectivity index (χ0) is 19.6. The van der Waals surface area contributed by atoms with E-state index in [2.05, 4.69) is 0 Å². The number of hydrogen-bond acceptors (Lipinski definition) is 6. The summed E-state index contributed by atoms with van der Waals surface area (Å²) < 4.78 is 5.52. The second kappa shape index (κ2) is 6.93. The number of carbonyl (C=O) groups is 2. The normalized spacial score (nSPS) is 14.3. The first-order valence-electron chi connectivity index (χ1n) is 7.52. The predicted molar refractivity (Wildman–Crippen MR) is 89.3 cm³/mol. The Hall–Kier alpha value is -3.26. The van der Waals surface area contributed by atoms with E-state index in [1.165, 1.54) is 31.2 Å². The van der Waals surface area contributed by atoms with E-state index in [9.17, 15) is 35.1 Å². The van der Waals surface area contributed by atoms with Gasteiger partial charge in [-0.25, -0.2) is 9.59 Å². The molecule has 0 bridgehead atoms. The standard InChI is InChI=1S/C18H18O8/c1-9-3-5-11(19)7-13(9)18(17(24)25,15(21)16(22)23)26-14-8-12(20)6-4-10(14)2/h3-8,15,19-21H,1-2H3,(H,22,23)(H,24,25). The number of ether oxygens (including phenoxy) is 1. The van der Waals surface area contributed by atoms with E-state index in [4.69, 9.17) is 4.74 Å². The molecule has 2 aromatic rings. The highest BCUT2D eigenvalue weighted by molar-refractivity contribution is 5.89. The summed E-state index contributed by atoms with van der Waals surface area (Å²) in [4.78, 5) is 23.6. The summed E-state index contributed by atoms with van der Waals surface area (Å²) in [5, 5.41) is 48.8. The van der Waals surface area contributed by atoms with Crippen LogP contribution in [0.5, 0.6) is 17.2 Å². The van der Waals surface area contributed by atoms with Crippen LogP contribution >= 0.6 is 0 Å². The summed E-state index contributed by atoms with van der Waals surface area (Å²) >= 11 is 0. The SMILES string of the molecule is Cc1ccc(O)cc1OC(C(=O)O)(c1cc(O)ccc1C)C(O)C(=O)O. The topological polar surface area (TPSA) is 145 Å². The van der Waals surface area contributed by atoms with Crippen LogP contribution < -0.4 is 4.74 Å². The number of phenolic OH excluding ortho intramolecular Hbond substituents is 2. The lowest BCUT2D eigenvalue weighted by atomic mass is 9.84. The molecule has 0 saturated heterocycles. The van der Waals surface area contributed by atoms with Crippen molar-refractivity contribution in [3.63, 3.8) is 0 Å². The molecule has 0 saturated carbocycles. The predicted octanol–water partition coefficient (Wildman–Crippen LogP) is 1.52. The number of aliphatic hydroxyl groups excluding tert-OH is 1. The molecule has 0 aliphatic rings. The zero-order valence-corrected chi connectivity index (χ0v) is 14.0. The second-order valence-electron chi connectivity index (χ2n) is 5.83. The first-order valence-corrected chi connectivity index (χ1v) is 7.52. The molecule has 0 amide bonds. The Bertz CT molecular complexity index is 860. The minimum Gasteiger partial charge on any atom is -0.508 e. The number of aliphatic hydroxyl groups is 1. The molecule has 0 aromatic heterocycles. The molecule has 0 fully saturated rings. The van der Waals surface area contributed by atoms with Crippen LogP contribution in [0.25, 0.3) is 0 Å². The molecular formula is C18H18O8. The van der Waals surface area contributed by atoms with E-state index in [1.807, 2.05) is 0 Å². The van der Waals surface area contributed by atoms with Gasteiger partial charge < -0.3 is 30.3 Å². The van der Waals surface area contributed by atoms with Crippen LogP contribution in [0.4, 0.5) is 0 Å². The summed E-state index contributed by atoms with van der Waals surface area (Å²) in [5.41, 5.74) is -2.30. The third kappa shape index (κ3) is 3.27. The number of aliphatic carboxylic acids is 2. The average Bonchev–Trinajstić information content (AvgIpc) is 2.57. The molecule has 8 heteroatoms. The van der Waals surface area contributed by atoms with Gasteiger partial charge in [0.1, 0.15) is 17.2 Å². The average molecular weight is 362 g/mol. The van der Waals surface area contributed by atoms with Crippen LogP contribution in [0.15, 0.2) is 36.4 Å². The fourth-order valence-corrected chi connectivity index (χ4v) is 2.59. The van der Waals surface area contributed by atoms with Crippen molar-refractivity contribution in [2.45, 2.75) is 25.6 Å². The Kier molecular flexibility index (Phi) is 5.08. The first kappa shape index (κ1) is 19.1. The number of aromatic hydroxyl groups is 2. The maximum Gasteiger partial charge on any atom is 0.356 e. The van der Waals surface area contributed by atoms with Crippen molar-refractivity contribution in [1.29, 1.82) is 0 Å². The Morgan fingerprint density at radius 3 is 2.04 bits per heavy atom. The van der Waals surface area contributed by atoms with Gasteiger partial charge in [-0.1, -0.05) is 12.1 Å². The van der Waals surface area contributed by atoms with Crippen LogP contribution in [0.2, 0.25) is 0 Å². The van der Waals surface area contributed by atoms with Gasteiger partial charge in [-0.15, -0.1) is 0 Å². The van der Waals surface area contributed by atoms with Crippen molar-refractivity contribution in [3.05, 3.63) is 53.1 Å².